The van der Waals surface area contributed by atoms with E-state index >= 15 is 0 Å². The van der Waals surface area contributed by atoms with Crippen LogP contribution in [-0.4, -0.2) is 73.6 Å². The first-order chi connectivity index (χ1) is 9.66. The number of H-pyrrole nitrogens is 1. The third-order valence-corrected chi connectivity index (χ3v) is 3.24. The Bertz CT molecular complexity index is 408. The van der Waals surface area contributed by atoms with Gasteiger partial charge in [0.05, 0.1) is 37.1 Å². The summed E-state index contributed by atoms with van der Waals surface area (Å²) in [6, 6.07) is -0.117. The van der Waals surface area contributed by atoms with Gasteiger partial charge in [-0.05, 0) is 20.5 Å². The van der Waals surface area contributed by atoms with E-state index in [0.717, 1.165) is 13.0 Å². The highest BCUT2D eigenvalue weighted by Crippen LogP contribution is 2.12. The molecule has 2 rings (SSSR count). The first-order valence-electron chi connectivity index (χ1n) is 6.80. The average Bonchev–Trinajstić information content (AvgIpc) is 2.94. The molecule has 0 saturated carbocycles. The molecule has 1 aliphatic heterocycles. The van der Waals surface area contributed by atoms with Gasteiger partial charge >= 0.3 is 0 Å². The van der Waals surface area contributed by atoms with Crippen LogP contribution in [0.2, 0.25) is 0 Å². The molecule has 0 aliphatic carbocycles. The summed E-state index contributed by atoms with van der Waals surface area (Å²) in [7, 11) is 4.01. The third-order valence-electron chi connectivity index (χ3n) is 3.24. The fourth-order valence-corrected chi connectivity index (χ4v) is 2.07. The first-order valence-corrected chi connectivity index (χ1v) is 6.80. The van der Waals surface area contributed by atoms with Crippen LogP contribution in [0.4, 0.5) is 0 Å². The number of hydrogen-bond acceptors (Lipinski definition) is 5. The van der Waals surface area contributed by atoms with Gasteiger partial charge in [0.2, 0.25) is 0 Å². The van der Waals surface area contributed by atoms with E-state index in [9.17, 15) is 4.79 Å². The van der Waals surface area contributed by atoms with Crippen molar-refractivity contribution in [3.05, 3.63) is 18.0 Å². The lowest BCUT2D eigenvalue weighted by Crippen LogP contribution is -2.50. The minimum absolute atomic E-state index is 0.000416. The molecule has 0 aromatic carbocycles. The van der Waals surface area contributed by atoms with Crippen LogP contribution in [0.3, 0.4) is 0 Å². The van der Waals surface area contributed by atoms with Gasteiger partial charge in [0.1, 0.15) is 0 Å². The first kappa shape index (κ1) is 15.0. The topological polar surface area (TPSA) is 79.5 Å². The molecule has 7 nitrogen and oxygen atoms in total. The zero-order valence-corrected chi connectivity index (χ0v) is 12.0. The number of nitrogens with zero attached hydrogens (tertiary/aromatic N) is 2. The minimum Gasteiger partial charge on any atom is -0.379 e. The van der Waals surface area contributed by atoms with Gasteiger partial charge in [0.15, 0.2) is 0 Å². The predicted octanol–water partition coefficient (Wildman–Crippen LogP) is -0.125. The number of aromatic amines is 1. The number of carbonyl (C=O) groups excluding carboxylic acids is 1. The van der Waals surface area contributed by atoms with E-state index in [1.807, 2.05) is 14.1 Å². The van der Waals surface area contributed by atoms with E-state index in [4.69, 9.17) is 9.47 Å². The Hall–Kier alpha value is -1.44. The molecule has 1 aromatic rings. The summed E-state index contributed by atoms with van der Waals surface area (Å²) in [6.07, 6.45) is 3.87. The van der Waals surface area contributed by atoms with Crippen LogP contribution in [0, 0.1) is 0 Å². The van der Waals surface area contributed by atoms with Gasteiger partial charge in [0.25, 0.3) is 5.91 Å². The molecule has 0 radical (unpaired) electrons. The molecule has 0 bridgehead atoms. The van der Waals surface area contributed by atoms with E-state index in [2.05, 4.69) is 20.4 Å². The van der Waals surface area contributed by atoms with E-state index in [0.29, 0.717) is 25.4 Å². The zero-order valence-electron chi connectivity index (χ0n) is 12.0. The second-order valence-electron chi connectivity index (χ2n) is 5.14. The smallest absolute Gasteiger partial charge is 0.254 e. The standard InChI is InChI=1S/C13H22N4O3/c1-17(2)4-6-20-12-3-5-19-9-11(12)16-13(18)10-7-14-15-8-10/h7-8,11-12H,3-6,9H2,1-2H3,(H,14,15)(H,16,18)/t11-,12+/m1/s1. The van der Waals surface area contributed by atoms with Gasteiger partial charge in [-0.15, -0.1) is 0 Å². The molecule has 0 unspecified atom stereocenters. The highest BCUT2D eigenvalue weighted by Gasteiger charge is 2.28. The molecule has 20 heavy (non-hydrogen) atoms. The van der Waals surface area contributed by atoms with Crippen molar-refractivity contribution in [3.8, 4) is 0 Å². The predicted molar refractivity (Wildman–Crippen MR) is 73.6 cm³/mol. The van der Waals surface area contributed by atoms with Crippen molar-refractivity contribution in [2.75, 3.05) is 40.5 Å². The van der Waals surface area contributed by atoms with Crippen LogP contribution < -0.4 is 5.32 Å². The molecule has 2 N–H and O–H groups in total. The number of hydrogen-bond donors (Lipinski definition) is 2. The van der Waals surface area contributed by atoms with Crippen molar-refractivity contribution in [1.29, 1.82) is 0 Å². The summed E-state index contributed by atoms with van der Waals surface area (Å²) < 4.78 is 11.3. The van der Waals surface area contributed by atoms with Crippen LogP contribution in [-0.2, 0) is 9.47 Å². The van der Waals surface area contributed by atoms with E-state index in [1.54, 1.807) is 6.20 Å². The zero-order chi connectivity index (χ0) is 14.4. The Morgan fingerprint density at radius 1 is 1.65 bits per heavy atom. The molecule has 2 atom stereocenters. The van der Waals surface area contributed by atoms with Crippen molar-refractivity contribution in [3.63, 3.8) is 0 Å². The largest absolute Gasteiger partial charge is 0.379 e. The summed E-state index contributed by atoms with van der Waals surface area (Å²) in [5, 5.41) is 9.34. The summed E-state index contributed by atoms with van der Waals surface area (Å²) in [5.41, 5.74) is 0.516. The van der Waals surface area contributed by atoms with Gasteiger partial charge < -0.3 is 19.7 Å². The fraction of sp³-hybridized carbons (Fsp3) is 0.692. The molecule has 1 amide bonds. The van der Waals surface area contributed by atoms with E-state index in [1.165, 1.54) is 6.20 Å². The quantitative estimate of drug-likeness (QED) is 0.760. The van der Waals surface area contributed by atoms with Gasteiger partial charge in [-0.2, -0.15) is 5.10 Å². The summed E-state index contributed by atoms with van der Waals surface area (Å²) in [6.45, 7) is 2.66. The average molecular weight is 282 g/mol. The minimum atomic E-state index is -0.157. The molecule has 112 valence electrons. The maximum Gasteiger partial charge on any atom is 0.254 e. The molecule has 2 heterocycles. The van der Waals surface area contributed by atoms with Crippen LogP contribution in [0.15, 0.2) is 12.4 Å². The number of nitrogens with one attached hydrogen (secondary N) is 2. The normalized spacial score (nSPS) is 22.9. The monoisotopic (exact) mass is 282 g/mol. The summed E-state index contributed by atoms with van der Waals surface area (Å²) in [4.78, 5) is 14.1. The van der Waals surface area contributed by atoms with Gasteiger partial charge in [-0.3, -0.25) is 9.89 Å². The van der Waals surface area contributed by atoms with Gasteiger partial charge in [0, 0.05) is 19.3 Å². The molecule has 1 fully saturated rings. The van der Waals surface area contributed by atoms with Crippen molar-refractivity contribution < 1.29 is 14.3 Å². The van der Waals surface area contributed by atoms with Crippen LogP contribution in [0.5, 0.6) is 0 Å². The van der Waals surface area contributed by atoms with Crippen LogP contribution >= 0.6 is 0 Å². The molecule has 0 spiro atoms. The lowest BCUT2D eigenvalue weighted by molar-refractivity contribution is -0.0561. The Balaban J connectivity index is 1.85. The maximum absolute atomic E-state index is 12.0. The second-order valence-corrected chi connectivity index (χ2v) is 5.14. The number of rotatable bonds is 6. The number of ether oxygens (including phenoxy) is 2. The third kappa shape index (κ3) is 4.29. The number of amides is 1. The summed E-state index contributed by atoms with van der Waals surface area (Å²) in [5.74, 6) is -0.157. The number of carbonyl (C=O) groups is 1. The van der Waals surface area contributed by atoms with E-state index < -0.39 is 0 Å². The van der Waals surface area contributed by atoms with Crippen molar-refractivity contribution in [2.45, 2.75) is 18.6 Å². The molecular weight excluding hydrogens is 260 g/mol. The van der Waals surface area contributed by atoms with E-state index in [-0.39, 0.29) is 18.1 Å². The Morgan fingerprint density at radius 2 is 2.50 bits per heavy atom. The van der Waals surface area contributed by atoms with Gasteiger partial charge in [-0.25, -0.2) is 0 Å². The van der Waals surface area contributed by atoms with Crippen molar-refractivity contribution >= 4 is 5.91 Å². The second kappa shape index (κ2) is 7.37. The maximum atomic E-state index is 12.0. The molecule has 1 saturated heterocycles. The number of likely N-dealkylation sites (N-methyl/N-ethyl adjacent to an activating group) is 1. The van der Waals surface area contributed by atoms with Gasteiger partial charge in [-0.1, -0.05) is 0 Å². The Kier molecular flexibility index (Phi) is 5.51. The molecule has 1 aromatic heterocycles. The Labute approximate surface area is 118 Å². The van der Waals surface area contributed by atoms with Crippen molar-refractivity contribution in [2.24, 2.45) is 0 Å². The molecular formula is C13H22N4O3. The van der Waals surface area contributed by atoms with Crippen molar-refractivity contribution in [1.82, 2.24) is 20.4 Å². The lowest BCUT2D eigenvalue weighted by Gasteiger charge is -2.32. The highest BCUT2D eigenvalue weighted by atomic mass is 16.5. The Morgan fingerprint density at radius 3 is 3.20 bits per heavy atom. The molecule has 1 aliphatic rings. The van der Waals surface area contributed by atoms with Crippen LogP contribution in [0.25, 0.3) is 0 Å². The SMILES string of the molecule is CN(C)CCO[C@H]1CCOC[C@H]1NC(=O)c1cn[nH]c1. The van der Waals surface area contributed by atoms with Crippen LogP contribution in [0.1, 0.15) is 16.8 Å². The molecule has 7 heteroatoms. The highest BCUT2D eigenvalue weighted by molar-refractivity contribution is 5.93. The number of aromatic nitrogens is 2. The lowest BCUT2D eigenvalue weighted by atomic mass is 10.1. The fourth-order valence-electron chi connectivity index (χ4n) is 2.07. The summed E-state index contributed by atoms with van der Waals surface area (Å²) >= 11 is 0.